The number of carbonyl (C=O) groups is 1. The van der Waals surface area contributed by atoms with Crippen LogP contribution in [-0.2, 0) is 14.8 Å². The van der Waals surface area contributed by atoms with Crippen LogP contribution in [0.5, 0.6) is 5.75 Å². The number of aryl methyl sites for hydroxylation is 1. The summed E-state index contributed by atoms with van der Waals surface area (Å²) in [6.45, 7) is 1.36. The van der Waals surface area contributed by atoms with E-state index in [-0.39, 0.29) is 10.6 Å². The van der Waals surface area contributed by atoms with Crippen LogP contribution in [0.1, 0.15) is 5.56 Å². The molecule has 27 heavy (non-hydrogen) atoms. The number of nitrogens with zero attached hydrogens (tertiary/aromatic N) is 1. The number of carbonyl (C=O) groups excluding carboxylic acids is 1. The van der Waals surface area contributed by atoms with Crippen LogP contribution in [-0.4, -0.2) is 33.0 Å². The number of methoxy groups -OCH3 is 1. The number of benzene rings is 2. The average molecular weight is 385 g/mol. The Labute approximate surface area is 157 Å². The van der Waals surface area contributed by atoms with Crippen LogP contribution in [0.15, 0.2) is 59.6 Å². The van der Waals surface area contributed by atoms with Gasteiger partial charge in [0.05, 0.1) is 24.9 Å². The molecule has 1 heterocycles. The molecule has 0 fully saturated rings. The molecule has 0 unspecified atom stereocenters. The molecule has 0 atom stereocenters. The van der Waals surface area contributed by atoms with Crippen LogP contribution < -0.4 is 14.8 Å². The van der Waals surface area contributed by atoms with E-state index < -0.39 is 22.5 Å². The molecule has 2 N–H and O–H groups in total. The summed E-state index contributed by atoms with van der Waals surface area (Å²) < 4.78 is 32.5. The number of anilines is 1. The Bertz CT molecular complexity index is 1090. The van der Waals surface area contributed by atoms with Gasteiger partial charge < -0.3 is 10.1 Å². The lowest BCUT2D eigenvalue weighted by Gasteiger charge is -2.12. The number of pyridine rings is 1. The first-order chi connectivity index (χ1) is 12.9. The maximum absolute atomic E-state index is 12.5. The SMILES string of the molecule is COc1ccc(C)cc1S(=O)(=O)NCC(=O)Nc1cccc2cccnc12. The van der Waals surface area contributed by atoms with Crippen LogP contribution in [0.3, 0.4) is 0 Å². The molecule has 3 aromatic rings. The fourth-order valence-electron chi connectivity index (χ4n) is 2.63. The van der Waals surface area contributed by atoms with E-state index in [1.54, 1.807) is 43.5 Å². The Morgan fingerprint density at radius 2 is 1.93 bits per heavy atom. The predicted octanol–water partition coefficient (Wildman–Crippen LogP) is 2.47. The van der Waals surface area contributed by atoms with Crippen LogP contribution in [0.25, 0.3) is 10.9 Å². The number of ether oxygens (including phenoxy) is 1. The van der Waals surface area contributed by atoms with Crippen molar-refractivity contribution >= 4 is 32.5 Å². The van der Waals surface area contributed by atoms with Crippen molar-refractivity contribution in [3.05, 3.63) is 60.3 Å². The van der Waals surface area contributed by atoms with Crippen LogP contribution >= 0.6 is 0 Å². The summed E-state index contributed by atoms with van der Waals surface area (Å²) in [7, 11) is -2.51. The lowest BCUT2D eigenvalue weighted by molar-refractivity contribution is -0.115. The van der Waals surface area contributed by atoms with Gasteiger partial charge in [0.25, 0.3) is 0 Å². The molecule has 8 heteroatoms. The van der Waals surface area contributed by atoms with Crippen molar-refractivity contribution in [2.24, 2.45) is 0 Å². The Hall–Kier alpha value is -2.97. The normalized spacial score (nSPS) is 11.3. The topological polar surface area (TPSA) is 97.4 Å². The summed E-state index contributed by atoms with van der Waals surface area (Å²) in [6, 6.07) is 13.9. The van der Waals surface area contributed by atoms with Gasteiger partial charge in [-0.15, -0.1) is 0 Å². The van der Waals surface area contributed by atoms with Crippen LogP contribution in [0.4, 0.5) is 5.69 Å². The number of sulfonamides is 1. The molecule has 0 radical (unpaired) electrons. The van der Waals surface area contributed by atoms with Gasteiger partial charge in [-0.2, -0.15) is 0 Å². The van der Waals surface area contributed by atoms with E-state index in [0.29, 0.717) is 11.2 Å². The lowest BCUT2D eigenvalue weighted by Crippen LogP contribution is -2.33. The highest BCUT2D eigenvalue weighted by molar-refractivity contribution is 7.89. The van der Waals surface area contributed by atoms with Gasteiger partial charge in [0.2, 0.25) is 15.9 Å². The molecule has 1 aromatic heterocycles. The van der Waals surface area contributed by atoms with Crippen LogP contribution in [0.2, 0.25) is 0 Å². The Balaban J connectivity index is 1.74. The number of hydrogen-bond acceptors (Lipinski definition) is 5. The second kappa shape index (κ2) is 7.73. The summed E-state index contributed by atoms with van der Waals surface area (Å²) >= 11 is 0. The quantitative estimate of drug-likeness (QED) is 0.679. The Kier molecular flexibility index (Phi) is 5.38. The predicted molar refractivity (Wildman–Crippen MR) is 103 cm³/mol. The summed E-state index contributed by atoms with van der Waals surface area (Å²) in [5, 5.41) is 3.56. The van der Waals surface area contributed by atoms with E-state index in [4.69, 9.17) is 4.74 Å². The van der Waals surface area contributed by atoms with Gasteiger partial charge >= 0.3 is 0 Å². The zero-order valence-corrected chi connectivity index (χ0v) is 15.7. The molecule has 1 amide bonds. The van der Waals surface area contributed by atoms with E-state index in [2.05, 4.69) is 15.0 Å². The number of amides is 1. The summed E-state index contributed by atoms with van der Waals surface area (Å²) in [6.07, 6.45) is 1.63. The molecule has 7 nitrogen and oxygen atoms in total. The first kappa shape index (κ1) is 18.8. The molecule has 0 aliphatic rings. The minimum atomic E-state index is -3.91. The Morgan fingerprint density at radius 3 is 2.70 bits per heavy atom. The standard InChI is InChI=1S/C19H19N3O4S/c1-13-8-9-16(26-2)17(11-13)27(24,25)21-12-18(23)22-15-7-3-5-14-6-4-10-20-19(14)15/h3-11,21H,12H2,1-2H3,(H,22,23). The molecule has 0 saturated heterocycles. The molecule has 0 spiro atoms. The fraction of sp³-hybridized carbons (Fsp3) is 0.158. The number of para-hydroxylation sites is 1. The van der Waals surface area contributed by atoms with Gasteiger partial charge in [-0.05, 0) is 36.8 Å². The van der Waals surface area contributed by atoms with Gasteiger partial charge in [-0.3, -0.25) is 9.78 Å². The lowest BCUT2D eigenvalue weighted by atomic mass is 10.2. The summed E-state index contributed by atoms with van der Waals surface area (Å²) in [4.78, 5) is 16.5. The minimum Gasteiger partial charge on any atom is -0.495 e. The first-order valence-corrected chi connectivity index (χ1v) is 9.67. The maximum Gasteiger partial charge on any atom is 0.244 e. The molecule has 3 rings (SSSR count). The highest BCUT2D eigenvalue weighted by atomic mass is 32.2. The fourth-order valence-corrected chi connectivity index (χ4v) is 3.87. The first-order valence-electron chi connectivity index (χ1n) is 8.18. The third-order valence-electron chi connectivity index (χ3n) is 3.94. The van der Waals surface area contributed by atoms with Crippen molar-refractivity contribution in [2.75, 3.05) is 19.0 Å². The molecule has 2 aromatic carbocycles. The van der Waals surface area contributed by atoms with Gasteiger partial charge in [0, 0.05) is 11.6 Å². The van der Waals surface area contributed by atoms with E-state index in [9.17, 15) is 13.2 Å². The molecule has 0 saturated carbocycles. The van der Waals surface area contributed by atoms with Gasteiger partial charge in [0.1, 0.15) is 10.6 Å². The van der Waals surface area contributed by atoms with Crippen molar-refractivity contribution in [2.45, 2.75) is 11.8 Å². The Morgan fingerprint density at radius 1 is 1.15 bits per heavy atom. The monoisotopic (exact) mass is 385 g/mol. The molecule has 140 valence electrons. The third-order valence-corrected chi connectivity index (χ3v) is 5.36. The summed E-state index contributed by atoms with van der Waals surface area (Å²) in [5.74, 6) is -0.282. The van der Waals surface area contributed by atoms with Crippen molar-refractivity contribution in [1.29, 1.82) is 0 Å². The highest BCUT2D eigenvalue weighted by Crippen LogP contribution is 2.24. The number of fused-ring (bicyclic) bond motifs is 1. The van der Waals surface area contributed by atoms with E-state index in [1.807, 2.05) is 12.1 Å². The van der Waals surface area contributed by atoms with E-state index >= 15 is 0 Å². The zero-order valence-electron chi connectivity index (χ0n) is 14.9. The largest absolute Gasteiger partial charge is 0.495 e. The molecule has 0 aliphatic carbocycles. The van der Waals surface area contributed by atoms with Crippen molar-refractivity contribution in [3.63, 3.8) is 0 Å². The van der Waals surface area contributed by atoms with Crippen LogP contribution in [0, 0.1) is 6.92 Å². The van der Waals surface area contributed by atoms with Gasteiger partial charge in [-0.1, -0.05) is 24.3 Å². The number of rotatable bonds is 6. The maximum atomic E-state index is 12.5. The molecule has 0 bridgehead atoms. The van der Waals surface area contributed by atoms with Gasteiger partial charge in [0.15, 0.2) is 0 Å². The number of nitrogens with one attached hydrogen (secondary N) is 2. The van der Waals surface area contributed by atoms with Gasteiger partial charge in [-0.25, -0.2) is 13.1 Å². The number of hydrogen-bond donors (Lipinski definition) is 2. The molecular formula is C19H19N3O4S. The third kappa shape index (κ3) is 4.24. The number of aromatic nitrogens is 1. The second-order valence-electron chi connectivity index (χ2n) is 5.91. The second-order valence-corrected chi connectivity index (χ2v) is 7.64. The van der Waals surface area contributed by atoms with Crippen molar-refractivity contribution in [1.82, 2.24) is 9.71 Å². The summed E-state index contributed by atoms with van der Waals surface area (Å²) in [5.41, 5.74) is 1.92. The zero-order chi connectivity index (χ0) is 19.4. The van der Waals surface area contributed by atoms with E-state index in [0.717, 1.165) is 10.9 Å². The molecular weight excluding hydrogens is 366 g/mol. The highest BCUT2D eigenvalue weighted by Gasteiger charge is 2.20. The minimum absolute atomic E-state index is 0.00960. The molecule has 0 aliphatic heterocycles. The smallest absolute Gasteiger partial charge is 0.244 e. The van der Waals surface area contributed by atoms with Crippen molar-refractivity contribution in [3.8, 4) is 5.75 Å². The average Bonchev–Trinajstić information content (AvgIpc) is 2.67. The van der Waals surface area contributed by atoms with E-state index in [1.165, 1.54) is 13.2 Å². The van der Waals surface area contributed by atoms with Crippen molar-refractivity contribution < 1.29 is 17.9 Å².